The standard InChI is InChI=1S/C11H15NO4/c1-3-16-8(2)6-12-7-9(11(14)15)4-5-10(12)13/h4-5,7-8H,3,6H2,1-2H3,(H,14,15). The second-order valence-corrected chi connectivity index (χ2v) is 3.48. The summed E-state index contributed by atoms with van der Waals surface area (Å²) in [4.78, 5) is 22.2. The predicted molar refractivity (Wildman–Crippen MR) is 58.7 cm³/mol. The van der Waals surface area contributed by atoms with Gasteiger partial charge in [-0.2, -0.15) is 0 Å². The molecule has 1 heterocycles. The third-order valence-electron chi connectivity index (χ3n) is 2.14. The number of aromatic nitrogens is 1. The summed E-state index contributed by atoms with van der Waals surface area (Å²) in [5.41, 5.74) is -0.125. The number of carboxylic acid groups (broad SMARTS) is 1. The number of carbonyl (C=O) groups is 1. The molecule has 0 bridgehead atoms. The highest BCUT2D eigenvalue weighted by Gasteiger charge is 2.08. The topological polar surface area (TPSA) is 68.5 Å². The van der Waals surface area contributed by atoms with Crippen LogP contribution in [-0.2, 0) is 11.3 Å². The molecule has 16 heavy (non-hydrogen) atoms. The van der Waals surface area contributed by atoms with E-state index in [1.807, 2.05) is 13.8 Å². The van der Waals surface area contributed by atoms with Crippen LogP contribution in [0.2, 0.25) is 0 Å². The van der Waals surface area contributed by atoms with Gasteiger partial charge in [0, 0.05) is 18.9 Å². The molecule has 88 valence electrons. The quantitative estimate of drug-likeness (QED) is 0.810. The van der Waals surface area contributed by atoms with E-state index in [-0.39, 0.29) is 17.2 Å². The molecule has 1 atom stereocenters. The van der Waals surface area contributed by atoms with E-state index in [9.17, 15) is 9.59 Å². The third-order valence-corrected chi connectivity index (χ3v) is 2.14. The minimum atomic E-state index is -1.04. The van der Waals surface area contributed by atoms with Gasteiger partial charge in [-0.1, -0.05) is 0 Å². The highest BCUT2D eigenvalue weighted by atomic mass is 16.5. The first kappa shape index (κ1) is 12.4. The molecule has 0 amide bonds. The predicted octanol–water partition coefficient (Wildman–Crippen LogP) is 0.972. The van der Waals surface area contributed by atoms with E-state index >= 15 is 0 Å². The van der Waals surface area contributed by atoms with Gasteiger partial charge in [-0.05, 0) is 19.9 Å². The maximum absolute atomic E-state index is 11.4. The maximum atomic E-state index is 11.4. The van der Waals surface area contributed by atoms with Crippen molar-refractivity contribution in [1.82, 2.24) is 4.57 Å². The van der Waals surface area contributed by atoms with E-state index in [0.29, 0.717) is 13.2 Å². The average Bonchev–Trinajstić information content (AvgIpc) is 2.21. The fourth-order valence-corrected chi connectivity index (χ4v) is 1.41. The summed E-state index contributed by atoms with van der Waals surface area (Å²) in [5, 5.41) is 8.79. The molecule has 5 heteroatoms. The Bertz CT molecular complexity index is 424. The van der Waals surface area contributed by atoms with E-state index in [1.54, 1.807) is 0 Å². The van der Waals surface area contributed by atoms with Crippen molar-refractivity contribution in [1.29, 1.82) is 0 Å². The minimum Gasteiger partial charge on any atom is -0.478 e. The van der Waals surface area contributed by atoms with Crippen LogP contribution in [0.5, 0.6) is 0 Å². The summed E-state index contributed by atoms with van der Waals surface area (Å²) in [5.74, 6) is -1.04. The Hall–Kier alpha value is -1.62. The van der Waals surface area contributed by atoms with Crippen LogP contribution in [0, 0.1) is 0 Å². The van der Waals surface area contributed by atoms with Crippen LogP contribution < -0.4 is 5.56 Å². The number of nitrogens with zero attached hydrogens (tertiary/aromatic N) is 1. The molecule has 0 aliphatic rings. The van der Waals surface area contributed by atoms with Crippen molar-refractivity contribution in [2.45, 2.75) is 26.5 Å². The molecule has 5 nitrogen and oxygen atoms in total. The lowest BCUT2D eigenvalue weighted by atomic mass is 10.3. The van der Waals surface area contributed by atoms with Gasteiger partial charge in [0.15, 0.2) is 0 Å². The van der Waals surface area contributed by atoms with E-state index in [0.717, 1.165) is 0 Å². The number of hydrogen-bond acceptors (Lipinski definition) is 3. The van der Waals surface area contributed by atoms with E-state index in [1.165, 1.54) is 22.9 Å². The second kappa shape index (κ2) is 5.46. The third kappa shape index (κ3) is 3.20. The van der Waals surface area contributed by atoms with Crippen LogP contribution >= 0.6 is 0 Å². The number of carboxylic acids is 1. The Morgan fingerprint density at radius 3 is 2.81 bits per heavy atom. The van der Waals surface area contributed by atoms with Crippen molar-refractivity contribution in [3.8, 4) is 0 Å². The second-order valence-electron chi connectivity index (χ2n) is 3.48. The summed E-state index contributed by atoms with van der Waals surface area (Å²) < 4.78 is 6.64. The van der Waals surface area contributed by atoms with E-state index < -0.39 is 5.97 Å². The zero-order valence-corrected chi connectivity index (χ0v) is 9.34. The van der Waals surface area contributed by atoms with Gasteiger partial charge in [0.25, 0.3) is 5.56 Å². The normalized spacial score (nSPS) is 12.4. The molecular weight excluding hydrogens is 210 g/mol. The van der Waals surface area contributed by atoms with Crippen molar-refractivity contribution >= 4 is 5.97 Å². The first-order chi connectivity index (χ1) is 7.54. The Balaban J connectivity index is 2.90. The van der Waals surface area contributed by atoms with Gasteiger partial charge in [-0.15, -0.1) is 0 Å². The summed E-state index contributed by atoms with van der Waals surface area (Å²) in [7, 11) is 0. The fraction of sp³-hybridized carbons (Fsp3) is 0.455. The molecule has 0 fully saturated rings. The molecule has 1 unspecified atom stereocenters. The number of aromatic carboxylic acids is 1. The van der Waals surface area contributed by atoms with Crippen LogP contribution in [0.4, 0.5) is 0 Å². The molecule has 1 N–H and O–H groups in total. The van der Waals surface area contributed by atoms with E-state index in [2.05, 4.69) is 0 Å². The first-order valence-corrected chi connectivity index (χ1v) is 5.10. The van der Waals surface area contributed by atoms with Crippen molar-refractivity contribution in [3.63, 3.8) is 0 Å². The van der Waals surface area contributed by atoms with Gasteiger partial charge < -0.3 is 14.4 Å². The zero-order chi connectivity index (χ0) is 12.1. The smallest absolute Gasteiger partial charge is 0.337 e. The van der Waals surface area contributed by atoms with Crippen LogP contribution in [0.1, 0.15) is 24.2 Å². The monoisotopic (exact) mass is 225 g/mol. The van der Waals surface area contributed by atoms with Gasteiger partial charge in [-0.25, -0.2) is 4.79 Å². The zero-order valence-electron chi connectivity index (χ0n) is 9.34. The Kier molecular flexibility index (Phi) is 4.25. The van der Waals surface area contributed by atoms with Gasteiger partial charge in [0.05, 0.1) is 18.2 Å². The number of hydrogen-bond donors (Lipinski definition) is 1. The fourth-order valence-electron chi connectivity index (χ4n) is 1.41. The van der Waals surface area contributed by atoms with E-state index in [4.69, 9.17) is 9.84 Å². The molecule has 0 aliphatic carbocycles. The van der Waals surface area contributed by atoms with Crippen LogP contribution in [0.15, 0.2) is 23.1 Å². The van der Waals surface area contributed by atoms with Crippen LogP contribution in [0.3, 0.4) is 0 Å². The van der Waals surface area contributed by atoms with Crippen molar-refractivity contribution in [2.75, 3.05) is 6.61 Å². The van der Waals surface area contributed by atoms with Gasteiger partial charge in [0.2, 0.25) is 0 Å². The number of ether oxygens (including phenoxy) is 1. The molecule has 0 aromatic carbocycles. The number of pyridine rings is 1. The maximum Gasteiger partial charge on any atom is 0.337 e. The van der Waals surface area contributed by atoms with Crippen molar-refractivity contribution in [3.05, 3.63) is 34.2 Å². The molecular formula is C11H15NO4. The van der Waals surface area contributed by atoms with Gasteiger partial charge in [0.1, 0.15) is 0 Å². The van der Waals surface area contributed by atoms with Gasteiger partial charge in [-0.3, -0.25) is 4.79 Å². The lowest BCUT2D eigenvalue weighted by molar-refractivity contribution is 0.0624. The van der Waals surface area contributed by atoms with Gasteiger partial charge >= 0.3 is 5.97 Å². The average molecular weight is 225 g/mol. The van der Waals surface area contributed by atoms with Crippen LogP contribution in [-0.4, -0.2) is 28.4 Å². The Morgan fingerprint density at radius 2 is 2.25 bits per heavy atom. The molecule has 1 aromatic rings. The molecule has 0 radical (unpaired) electrons. The summed E-state index contributed by atoms with van der Waals surface area (Å²) in [6.45, 7) is 4.62. The van der Waals surface area contributed by atoms with Crippen molar-refractivity contribution < 1.29 is 14.6 Å². The SMILES string of the molecule is CCOC(C)Cn1cc(C(=O)O)ccc1=O. The Labute approximate surface area is 93.3 Å². The molecule has 1 aromatic heterocycles. The molecule has 0 aliphatic heterocycles. The summed E-state index contributed by atoms with van der Waals surface area (Å²) in [6.07, 6.45) is 1.21. The minimum absolute atomic E-state index is 0.100. The largest absolute Gasteiger partial charge is 0.478 e. The molecule has 0 spiro atoms. The first-order valence-electron chi connectivity index (χ1n) is 5.10. The lowest BCUT2D eigenvalue weighted by Gasteiger charge is -2.13. The summed E-state index contributed by atoms with van der Waals surface area (Å²) >= 11 is 0. The highest BCUT2D eigenvalue weighted by molar-refractivity contribution is 5.87. The van der Waals surface area contributed by atoms with Crippen LogP contribution in [0.25, 0.3) is 0 Å². The molecule has 0 saturated heterocycles. The highest BCUT2D eigenvalue weighted by Crippen LogP contribution is 1.99. The van der Waals surface area contributed by atoms with Crippen molar-refractivity contribution in [2.24, 2.45) is 0 Å². The molecule has 1 rings (SSSR count). The molecule has 0 saturated carbocycles. The Morgan fingerprint density at radius 1 is 1.56 bits per heavy atom. The number of rotatable bonds is 5. The lowest BCUT2D eigenvalue weighted by Crippen LogP contribution is -2.26. The summed E-state index contributed by atoms with van der Waals surface area (Å²) in [6, 6.07) is 2.55.